The van der Waals surface area contributed by atoms with E-state index in [9.17, 15) is 5.11 Å². The van der Waals surface area contributed by atoms with Crippen molar-refractivity contribution in [2.24, 2.45) is 0 Å². The van der Waals surface area contributed by atoms with Crippen LogP contribution in [-0.4, -0.2) is 23.8 Å². The topological polar surface area (TPSA) is 32.3 Å². The van der Waals surface area contributed by atoms with Gasteiger partial charge in [0, 0.05) is 6.54 Å². The lowest BCUT2D eigenvalue weighted by Crippen LogP contribution is -2.39. The van der Waals surface area contributed by atoms with E-state index in [0.717, 1.165) is 25.9 Å². The first-order valence-electron chi connectivity index (χ1n) is 6.61. The highest BCUT2D eigenvalue weighted by Crippen LogP contribution is 2.12. The Kier molecular flexibility index (Phi) is 9.12. The highest BCUT2D eigenvalue weighted by molar-refractivity contribution is 4.77. The first kappa shape index (κ1) is 14.9. The third kappa shape index (κ3) is 7.80. The van der Waals surface area contributed by atoms with Crippen molar-refractivity contribution < 1.29 is 5.11 Å². The fourth-order valence-electron chi connectivity index (χ4n) is 1.67. The molecule has 15 heavy (non-hydrogen) atoms. The van der Waals surface area contributed by atoms with Gasteiger partial charge in [0.05, 0.1) is 5.60 Å². The normalized spacial score (nSPS) is 12.0. The van der Waals surface area contributed by atoms with Crippen LogP contribution in [-0.2, 0) is 0 Å². The van der Waals surface area contributed by atoms with Crippen LogP contribution in [0.25, 0.3) is 0 Å². The van der Waals surface area contributed by atoms with Crippen molar-refractivity contribution in [3.8, 4) is 0 Å². The summed E-state index contributed by atoms with van der Waals surface area (Å²) in [6, 6.07) is 0. The minimum absolute atomic E-state index is 0.483. The van der Waals surface area contributed by atoms with Crippen molar-refractivity contribution in [2.75, 3.05) is 13.1 Å². The van der Waals surface area contributed by atoms with E-state index < -0.39 is 5.60 Å². The van der Waals surface area contributed by atoms with E-state index >= 15 is 0 Å². The maximum absolute atomic E-state index is 10.0. The summed E-state index contributed by atoms with van der Waals surface area (Å²) in [5.74, 6) is 0. The molecule has 0 fully saturated rings. The minimum atomic E-state index is -0.483. The van der Waals surface area contributed by atoms with Gasteiger partial charge >= 0.3 is 0 Å². The average molecular weight is 215 g/mol. The van der Waals surface area contributed by atoms with Gasteiger partial charge in [-0.3, -0.25) is 0 Å². The maximum atomic E-state index is 10.0. The van der Waals surface area contributed by atoms with Gasteiger partial charge in [-0.1, -0.05) is 46.5 Å². The Balaban J connectivity index is 3.29. The third-order valence-electron chi connectivity index (χ3n) is 3.23. The van der Waals surface area contributed by atoms with Crippen LogP contribution < -0.4 is 5.32 Å². The molecule has 0 aromatic heterocycles. The molecule has 2 N–H and O–H groups in total. The Morgan fingerprint density at radius 3 is 2.07 bits per heavy atom. The van der Waals surface area contributed by atoms with Crippen molar-refractivity contribution in [3.05, 3.63) is 0 Å². The minimum Gasteiger partial charge on any atom is -0.389 e. The summed E-state index contributed by atoms with van der Waals surface area (Å²) in [7, 11) is 0. The molecule has 0 aliphatic rings. The molecule has 0 radical (unpaired) electrons. The van der Waals surface area contributed by atoms with Gasteiger partial charge in [0.25, 0.3) is 0 Å². The van der Waals surface area contributed by atoms with Crippen LogP contribution in [0.3, 0.4) is 0 Å². The predicted molar refractivity (Wildman–Crippen MR) is 67.2 cm³/mol. The molecule has 2 nitrogen and oxygen atoms in total. The van der Waals surface area contributed by atoms with Crippen LogP contribution in [0.5, 0.6) is 0 Å². The highest BCUT2D eigenvalue weighted by Gasteiger charge is 2.20. The molecule has 0 aliphatic heterocycles. The fourth-order valence-corrected chi connectivity index (χ4v) is 1.67. The Bertz CT molecular complexity index is 132. The molecule has 0 aromatic carbocycles. The Hall–Kier alpha value is -0.0800. The summed E-state index contributed by atoms with van der Waals surface area (Å²) in [5.41, 5.74) is -0.483. The van der Waals surface area contributed by atoms with Crippen LogP contribution >= 0.6 is 0 Å². The molecule has 0 spiro atoms. The lowest BCUT2D eigenvalue weighted by atomic mass is 9.97. The highest BCUT2D eigenvalue weighted by atomic mass is 16.3. The van der Waals surface area contributed by atoms with Crippen molar-refractivity contribution >= 4 is 0 Å². The lowest BCUT2D eigenvalue weighted by molar-refractivity contribution is 0.0327. The Morgan fingerprint density at radius 1 is 0.933 bits per heavy atom. The summed E-state index contributed by atoms with van der Waals surface area (Å²) < 4.78 is 0. The van der Waals surface area contributed by atoms with E-state index in [2.05, 4.69) is 12.2 Å². The first-order chi connectivity index (χ1) is 7.18. The zero-order valence-corrected chi connectivity index (χ0v) is 10.8. The van der Waals surface area contributed by atoms with E-state index in [1.807, 2.05) is 13.8 Å². The van der Waals surface area contributed by atoms with Crippen LogP contribution in [0, 0.1) is 0 Å². The molecule has 0 atom stereocenters. The van der Waals surface area contributed by atoms with Gasteiger partial charge in [0.1, 0.15) is 0 Å². The monoisotopic (exact) mass is 215 g/mol. The summed E-state index contributed by atoms with van der Waals surface area (Å²) >= 11 is 0. The van der Waals surface area contributed by atoms with Gasteiger partial charge in [0.2, 0.25) is 0 Å². The number of nitrogens with one attached hydrogen (secondary N) is 1. The third-order valence-corrected chi connectivity index (χ3v) is 3.23. The fraction of sp³-hybridized carbons (Fsp3) is 1.00. The average Bonchev–Trinajstić information content (AvgIpc) is 2.27. The van der Waals surface area contributed by atoms with Crippen LogP contribution in [0.4, 0.5) is 0 Å². The van der Waals surface area contributed by atoms with Crippen molar-refractivity contribution in [1.29, 1.82) is 0 Å². The van der Waals surface area contributed by atoms with E-state index in [1.165, 1.54) is 32.1 Å². The molecule has 0 aliphatic carbocycles. The molecule has 0 saturated carbocycles. The molecule has 0 unspecified atom stereocenters. The van der Waals surface area contributed by atoms with Crippen molar-refractivity contribution in [2.45, 2.75) is 71.3 Å². The van der Waals surface area contributed by atoms with E-state index in [4.69, 9.17) is 0 Å². The number of hydrogen-bond acceptors (Lipinski definition) is 2. The molecular formula is C13H29NO. The van der Waals surface area contributed by atoms with E-state index in [1.54, 1.807) is 0 Å². The van der Waals surface area contributed by atoms with Gasteiger partial charge in [-0.15, -0.1) is 0 Å². The molecular weight excluding hydrogens is 186 g/mol. The molecule has 92 valence electrons. The molecule has 0 bridgehead atoms. The quantitative estimate of drug-likeness (QED) is 0.549. The standard InChI is InChI=1S/C13H29NO/c1-4-7-8-9-10-11-14-12-13(15,5-2)6-3/h14-15H,4-12H2,1-3H3. The smallest absolute Gasteiger partial charge is 0.0766 e. The number of unbranched alkanes of at least 4 members (excludes halogenated alkanes) is 4. The lowest BCUT2D eigenvalue weighted by Gasteiger charge is -2.25. The van der Waals surface area contributed by atoms with Gasteiger partial charge < -0.3 is 10.4 Å². The van der Waals surface area contributed by atoms with Crippen LogP contribution in [0.1, 0.15) is 65.7 Å². The zero-order valence-electron chi connectivity index (χ0n) is 10.8. The predicted octanol–water partition coefficient (Wildman–Crippen LogP) is 3.10. The Morgan fingerprint density at radius 2 is 1.53 bits per heavy atom. The molecule has 0 saturated heterocycles. The molecule has 0 heterocycles. The Labute approximate surface area is 95.5 Å². The van der Waals surface area contributed by atoms with Crippen LogP contribution in [0.2, 0.25) is 0 Å². The summed E-state index contributed by atoms with van der Waals surface area (Å²) in [6.45, 7) is 8.12. The number of hydrogen-bond donors (Lipinski definition) is 2. The van der Waals surface area contributed by atoms with E-state index in [0.29, 0.717) is 0 Å². The zero-order chi connectivity index (χ0) is 11.6. The van der Waals surface area contributed by atoms with E-state index in [-0.39, 0.29) is 0 Å². The van der Waals surface area contributed by atoms with Crippen molar-refractivity contribution in [1.82, 2.24) is 5.32 Å². The maximum Gasteiger partial charge on any atom is 0.0766 e. The van der Waals surface area contributed by atoms with Crippen LogP contribution in [0.15, 0.2) is 0 Å². The van der Waals surface area contributed by atoms with Crippen molar-refractivity contribution in [3.63, 3.8) is 0 Å². The SMILES string of the molecule is CCCCCCCNCC(O)(CC)CC. The molecule has 0 rings (SSSR count). The number of aliphatic hydroxyl groups is 1. The summed E-state index contributed by atoms with van der Waals surface area (Å²) in [5, 5.41) is 13.4. The first-order valence-corrected chi connectivity index (χ1v) is 6.61. The van der Waals surface area contributed by atoms with Gasteiger partial charge in [-0.05, 0) is 25.8 Å². The molecule has 0 amide bonds. The van der Waals surface area contributed by atoms with Gasteiger partial charge in [0.15, 0.2) is 0 Å². The largest absolute Gasteiger partial charge is 0.389 e. The molecule has 0 aromatic rings. The molecule has 2 heteroatoms. The second-order valence-electron chi connectivity index (χ2n) is 4.52. The summed E-state index contributed by atoms with van der Waals surface area (Å²) in [4.78, 5) is 0. The van der Waals surface area contributed by atoms with Gasteiger partial charge in [-0.25, -0.2) is 0 Å². The van der Waals surface area contributed by atoms with Gasteiger partial charge in [-0.2, -0.15) is 0 Å². The second kappa shape index (κ2) is 9.17. The summed E-state index contributed by atoms with van der Waals surface area (Å²) in [6.07, 6.45) is 8.25. The second-order valence-corrected chi connectivity index (χ2v) is 4.52. The number of rotatable bonds is 10.